The summed E-state index contributed by atoms with van der Waals surface area (Å²) in [5, 5.41) is 21.0. The van der Waals surface area contributed by atoms with Crippen molar-refractivity contribution >= 4 is 6.03 Å². The SMILES string of the molecule is O=C(NC1CCC(OC(F)(F)F)CC1)NC1NC(NO)CC(C2CC2)N1. The first-order chi connectivity index (χ1) is 12.3. The third-order valence-corrected chi connectivity index (χ3v) is 5.17. The summed E-state index contributed by atoms with van der Waals surface area (Å²) in [6.07, 6.45) is -1.90. The van der Waals surface area contributed by atoms with E-state index >= 15 is 0 Å². The molecule has 0 aromatic rings. The van der Waals surface area contributed by atoms with Gasteiger partial charge in [-0.05, 0) is 50.9 Å². The van der Waals surface area contributed by atoms with Gasteiger partial charge in [-0.15, -0.1) is 13.2 Å². The summed E-state index contributed by atoms with van der Waals surface area (Å²) in [5.74, 6) is 0.559. The van der Waals surface area contributed by atoms with Crippen LogP contribution in [0.15, 0.2) is 0 Å². The Hall–Kier alpha value is -1.14. The molecule has 1 saturated heterocycles. The maximum Gasteiger partial charge on any atom is 0.522 e. The average molecular weight is 381 g/mol. The zero-order chi connectivity index (χ0) is 18.7. The van der Waals surface area contributed by atoms with Crippen LogP contribution in [0.1, 0.15) is 44.9 Å². The highest BCUT2D eigenvalue weighted by molar-refractivity contribution is 5.74. The predicted octanol–water partition coefficient (Wildman–Crippen LogP) is 1.08. The summed E-state index contributed by atoms with van der Waals surface area (Å²) in [5.41, 5.74) is 2.20. The number of rotatable bonds is 5. The molecule has 3 aliphatic rings. The molecule has 1 heterocycles. The number of urea groups is 1. The second-order valence-corrected chi connectivity index (χ2v) is 7.28. The van der Waals surface area contributed by atoms with Crippen LogP contribution in [0.2, 0.25) is 0 Å². The lowest BCUT2D eigenvalue weighted by molar-refractivity contribution is -0.345. The van der Waals surface area contributed by atoms with E-state index in [4.69, 9.17) is 5.21 Å². The minimum absolute atomic E-state index is 0.183. The predicted molar refractivity (Wildman–Crippen MR) is 84.8 cm³/mol. The van der Waals surface area contributed by atoms with Gasteiger partial charge in [0.25, 0.3) is 0 Å². The van der Waals surface area contributed by atoms with Crippen LogP contribution in [0.25, 0.3) is 0 Å². The first-order valence-corrected chi connectivity index (χ1v) is 9.05. The highest BCUT2D eigenvalue weighted by Crippen LogP contribution is 2.35. The fourth-order valence-electron chi connectivity index (χ4n) is 3.73. The second-order valence-electron chi connectivity index (χ2n) is 7.28. The molecule has 3 unspecified atom stereocenters. The van der Waals surface area contributed by atoms with Crippen LogP contribution in [-0.2, 0) is 4.74 Å². The Bertz CT molecular complexity index is 484. The molecule has 3 rings (SSSR count). The molecule has 0 aromatic carbocycles. The number of amides is 2. The van der Waals surface area contributed by atoms with Crippen molar-refractivity contribution in [3.05, 3.63) is 0 Å². The summed E-state index contributed by atoms with van der Waals surface area (Å²) in [6, 6.07) is -0.373. The Morgan fingerprint density at radius 3 is 2.31 bits per heavy atom. The molecule has 0 spiro atoms. The van der Waals surface area contributed by atoms with Crippen LogP contribution in [0, 0.1) is 5.92 Å². The third-order valence-electron chi connectivity index (χ3n) is 5.17. The smallest absolute Gasteiger partial charge is 0.335 e. The fraction of sp³-hybridized carbons (Fsp3) is 0.933. The molecule has 0 aromatic heterocycles. The van der Waals surface area contributed by atoms with Gasteiger partial charge in [0.15, 0.2) is 0 Å². The van der Waals surface area contributed by atoms with E-state index < -0.39 is 24.8 Å². The molecule has 2 amide bonds. The van der Waals surface area contributed by atoms with Gasteiger partial charge in [0, 0.05) is 12.1 Å². The lowest BCUT2D eigenvalue weighted by Gasteiger charge is -2.37. The number of ether oxygens (including phenoxy) is 1. The number of hydrogen-bond donors (Lipinski definition) is 6. The molecule has 6 N–H and O–H groups in total. The highest BCUT2D eigenvalue weighted by Gasteiger charge is 2.38. The molecule has 1 aliphatic heterocycles. The molecule has 0 radical (unpaired) electrons. The number of hydroxylamine groups is 1. The van der Waals surface area contributed by atoms with Crippen molar-refractivity contribution < 1.29 is 27.9 Å². The van der Waals surface area contributed by atoms with E-state index in [9.17, 15) is 18.0 Å². The van der Waals surface area contributed by atoms with E-state index in [2.05, 4.69) is 31.5 Å². The van der Waals surface area contributed by atoms with Gasteiger partial charge in [-0.1, -0.05) is 0 Å². The first-order valence-electron chi connectivity index (χ1n) is 9.05. The van der Waals surface area contributed by atoms with Crippen LogP contribution >= 0.6 is 0 Å². The van der Waals surface area contributed by atoms with Crippen LogP contribution in [0.3, 0.4) is 0 Å². The minimum atomic E-state index is -4.62. The molecular weight excluding hydrogens is 355 g/mol. The average Bonchev–Trinajstić information content (AvgIpc) is 3.40. The van der Waals surface area contributed by atoms with Crippen molar-refractivity contribution in [1.82, 2.24) is 26.7 Å². The Morgan fingerprint density at radius 1 is 1.04 bits per heavy atom. The third kappa shape index (κ3) is 5.95. The van der Waals surface area contributed by atoms with Crippen LogP contribution in [-0.4, -0.2) is 48.2 Å². The van der Waals surface area contributed by atoms with E-state index in [-0.39, 0.29) is 31.1 Å². The number of alkyl halides is 3. The van der Waals surface area contributed by atoms with E-state index in [1.165, 1.54) is 0 Å². The second kappa shape index (κ2) is 8.26. The molecule has 8 nitrogen and oxygen atoms in total. The van der Waals surface area contributed by atoms with E-state index in [0.717, 1.165) is 12.8 Å². The number of carbonyl (C=O) groups is 1. The lowest BCUT2D eigenvalue weighted by atomic mass is 9.93. The largest absolute Gasteiger partial charge is 0.522 e. The topological polar surface area (TPSA) is 107 Å². The quantitative estimate of drug-likeness (QED) is 0.398. The number of nitrogens with one attached hydrogen (secondary N) is 5. The van der Waals surface area contributed by atoms with Crippen LogP contribution in [0.4, 0.5) is 18.0 Å². The summed E-state index contributed by atoms with van der Waals surface area (Å²) in [6.45, 7) is 0. The zero-order valence-corrected chi connectivity index (χ0v) is 14.3. The van der Waals surface area contributed by atoms with Gasteiger partial charge >= 0.3 is 12.4 Å². The Kier molecular flexibility index (Phi) is 6.23. The lowest BCUT2D eigenvalue weighted by Crippen LogP contribution is -2.69. The van der Waals surface area contributed by atoms with Crippen molar-refractivity contribution in [2.75, 3.05) is 0 Å². The molecule has 150 valence electrons. The standard InChI is InChI=1S/C15H26F3N5O3/c16-15(17,18)26-10-5-3-9(4-6-10)19-14(24)22-13-20-11(8-1-2-8)7-12(21-13)23-25/h8-13,20-21,23,25H,1-7H2,(H2,19,22,24). The number of carbonyl (C=O) groups excluding carboxylic acids is 1. The van der Waals surface area contributed by atoms with Crippen molar-refractivity contribution in [3.63, 3.8) is 0 Å². The summed E-state index contributed by atoms with van der Waals surface area (Å²) < 4.78 is 40.7. The molecule has 2 aliphatic carbocycles. The fourth-order valence-corrected chi connectivity index (χ4v) is 3.73. The first kappa shape index (κ1) is 19.6. The van der Waals surface area contributed by atoms with Crippen LogP contribution < -0.4 is 26.7 Å². The molecule has 3 atom stereocenters. The normalized spacial score (nSPS) is 35.8. The molecule has 3 fully saturated rings. The molecule has 11 heteroatoms. The van der Waals surface area contributed by atoms with E-state index in [0.29, 0.717) is 25.2 Å². The van der Waals surface area contributed by atoms with Gasteiger partial charge in [0.2, 0.25) is 0 Å². The van der Waals surface area contributed by atoms with Crippen molar-refractivity contribution in [1.29, 1.82) is 0 Å². The van der Waals surface area contributed by atoms with Gasteiger partial charge in [-0.2, -0.15) is 5.48 Å². The molecular formula is C15H26F3N5O3. The van der Waals surface area contributed by atoms with E-state index in [1.807, 2.05) is 0 Å². The zero-order valence-electron chi connectivity index (χ0n) is 14.3. The summed E-state index contributed by atoms with van der Waals surface area (Å²) >= 11 is 0. The molecule has 2 saturated carbocycles. The number of halogens is 3. The highest BCUT2D eigenvalue weighted by atomic mass is 19.4. The minimum Gasteiger partial charge on any atom is -0.335 e. The number of hydrogen-bond acceptors (Lipinski definition) is 6. The summed E-state index contributed by atoms with van der Waals surface area (Å²) in [7, 11) is 0. The molecule has 0 bridgehead atoms. The monoisotopic (exact) mass is 381 g/mol. The Labute approximate surface area is 149 Å². The summed E-state index contributed by atoms with van der Waals surface area (Å²) in [4.78, 5) is 12.2. The van der Waals surface area contributed by atoms with Gasteiger partial charge < -0.3 is 15.8 Å². The Morgan fingerprint density at radius 2 is 1.73 bits per heavy atom. The van der Waals surface area contributed by atoms with Gasteiger partial charge in [-0.3, -0.25) is 15.4 Å². The van der Waals surface area contributed by atoms with Gasteiger partial charge in [-0.25, -0.2) is 4.79 Å². The Balaban J connectivity index is 1.40. The maximum atomic E-state index is 12.2. The van der Waals surface area contributed by atoms with Crippen molar-refractivity contribution in [2.24, 2.45) is 5.92 Å². The van der Waals surface area contributed by atoms with E-state index in [1.54, 1.807) is 0 Å². The van der Waals surface area contributed by atoms with Crippen molar-refractivity contribution in [3.8, 4) is 0 Å². The van der Waals surface area contributed by atoms with Crippen molar-refractivity contribution in [2.45, 2.75) is 82.0 Å². The maximum absolute atomic E-state index is 12.2. The van der Waals surface area contributed by atoms with Crippen LogP contribution in [0.5, 0.6) is 0 Å². The van der Waals surface area contributed by atoms with Gasteiger partial charge in [0.05, 0.1) is 12.3 Å². The van der Waals surface area contributed by atoms with Gasteiger partial charge in [0.1, 0.15) is 6.29 Å². The molecule has 26 heavy (non-hydrogen) atoms.